The highest BCUT2D eigenvalue weighted by atomic mass is 16.4. The molecule has 1 aromatic rings. The molecule has 0 saturated carbocycles. The largest absolute Gasteiger partial charge is 0.480 e. The van der Waals surface area contributed by atoms with Crippen molar-refractivity contribution < 1.29 is 14.7 Å². The van der Waals surface area contributed by atoms with Crippen LogP contribution in [0.2, 0.25) is 0 Å². The van der Waals surface area contributed by atoms with Crippen LogP contribution in [0.25, 0.3) is 0 Å². The number of amides is 1. The Labute approximate surface area is 92.7 Å². The zero-order valence-electron chi connectivity index (χ0n) is 8.67. The minimum atomic E-state index is -0.935. The van der Waals surface area contributed by atoms with Gasteiger partial charge in [-0.2, -0.15) is 0 Å². The van der Waals surface area contributed by atoms with E-state index in [4.69, 9.17) is 5.11 Å². The van der Waals surface area contributed by atoms with E-state index < -0.39 is 12.0 Å². The monoisotopic (exact) mass is 220 g/mol. The van der Waals surface area contributed by atoms with E-state index in [0.29, 0.717) is 19.4 Å². The average Bonchev–Trinajstić information content (AvgIpc) is 2.62. The van der Waals surface area contributed by atoms with Gasteiger partial charge >= 0.3 is 5.97 Å². The summed E-state index contributed by atoms with van der Waals surface area (Å²) in [5.41, 5.74) is 0.851. The third-order valence-electron chi connectivity index (χ3n) is 2.69. The molecule has 0 radical (unpaired) electrons. The van der Waals surface area contributed by atoms with E-state index in [0.717, 1.165) is 5.56 Å². The Hall–Kier alpha value is -1.91. The SMILES string of the molecule is O=C(O)[C@@H]1CCC(=O)N1Cc1cccnc1. The summed E-state index contributed by atoms with van der Waals surface area (Å²) in [5.74, 6) is -1.04. The van der Waals surface area contributed by atoms with Crippen LogP contribution in [0.3, 0.4) is 0 Å². The van der Waals surface area contributed by atoms with Gasteiger partial charge in [0.2, 0.25) is 5.91 Å². The second kappa shape index (κ2) is 4.30. The number of hydrogen-bond donors (Lipinski definition) is 1. The van der Waals surface area contributed by atoms with Gasteiger partial charge in [0.25, 0.3) is 0 Å². The van der Waals surface area contributed by atoms with E-state index >= 15 is 0 Å². The second-order valence-corrected chi connectivity index (χ2v) is 3.78. The molecule has 1 aliphatic rings. The smallest absolute Gasteiger partial charge is 0.326 e. The number of carboxylic acid groups (broad SMARTS) is 1. The quantitative estimate of drug-likeness (QED) is 0.812. The van der Waals surface area contributed by atoms with Gasteiger partial charge in [-0.1, -0.05) is 6.07 Å². The number of rotatable bonds is 3. The van der Waals surface area contributed by atoms with Gasteiger partial charge in [-0.25, -0.2) is 4.79 Å². The van der Waals surface area contributed by atoms with E-state index in [1.807, 2.05) is 6.07 Å². The fourth-order valence-electron chi connectivity index (χ4n) is 1.88. The molecule has 0 aliphatic carbocycles. The molecule has 0 spiro atoms. The lowest BCUT2D eigenvalue weighted by molar-refractivity contribution is -0.146. The number of carbonyl (C=O) groups is 2. The molecule has 1 N–H and O–H groups in total. The summed E-state index contributed by atoms with van der Waals surface area (Å²) in [7, 11) is 0. The van der Waals surface area contributed by atoms with Crippen LogP contribution in [0.15, 0.2) is 24.5 Å². The van der Waals surface area contributed by atoms with Crippen molar-refractivity contribution in [2.45, 2.75) is 25.4 Å². The molecule has 5 nitrogen and oxygen atoms in total. The van der Waals surface area contributed by atoms with Crippen LogP contribution in [-0.2, 0) is 16.1 Å². The number of aliphatic carboxylic acids is 1. The minimum Gasteiger partial charge on any atom is -0.480 e. The Bertz CT molecular complexity index is 405. The fourth-order valence-corrected chi connectivity index (χ4v) is 1.88. The fraction of sp³-hybridized carbons (Fsp3) is 0.364. The zero-order valence-corrected chi connectivity index (χ0v) is 8.67. The summed E-state index contributed by atoms with van der Waals surface area (Å²) in [4.78, 5) is 27.8. The van der Waals surface area contributed by atoms with E-state index in [9.17, 15) is 9.59 Å². The van der Waals surface area contributed by atoms with Gasteiger partial charge < -0.3 is 10.0 Å². The van der Waals surface area contributed by atoms with Crippen LogP contribution < -0.4 is 0 Å². The van der Waals surface area contributed by atoms with E-state index in [-0.39, 0.29) is 5.91 Å². The predicted octanol–water partition coefficient (Wildman–Crippen LogP) is 0.657. The van der Waals surface area contributed by atoms with Crippen molar-refractivity contribution in [3.8, 4) is 0 Å². The van der Waals surface area contributed by atoms with Crippen molar-refractivity contribution in [3.63, 3.8) is 0 Å². The molecule has 1 amide bonds. The summed E-state index contributed by atoms with van der Waals surface area (Å²) in [6.45, 7) is 0.323. The van der Waals surface area contributed by atoms with Crippen LogP contribution in [0, 0.1) is 0 Å². The molecular formula is C11H12N2O3. The van der Waals surface area contributed by atoms with Crippen LogP contribution in [0.5, 0.6) is 0 Å². The first-order chi connectivity index (χ1) is 7.68. The first-order valence-electron chi connectivity index (χ1n) is 5.09. The number of aromatic nitrogens is 1. The van der Waals surface area contributed by atoms with Crippen molar-refractivity contribution in [1.82, 2.24) is 9.88 Å². The highest BCUT2D eigenvalue weighted by molar-refractivity contribution is 5.87. The standard InChI is InChI=1S/C11H12N2O3/c14-10-4-3-9(11(15)16)13(10)7-8-2-1-5-12-6-8/h1-2,5-6,9H,3-4,7H2,(H,15,16)/t9-/m0/s1. The maximum atomic E-state index is 11.5. The number of carboxylic acids is 1. The van der Waals surface area contributed by atoms with Gasteiger partial charge in [-0.3, -0.25) is 9.78 Å². The minimum absolute atomic E-state index is 0.101. The van der Waals surface area contributed by atoms with Crippen molar-refractivity contribution in [3.05, 3.63) is 30.1 Å². The van der Waals surface area contributed by atoms with Crippen LogP contribution in [0.1, 0.15) is 18.4 Å². The number of carbonyl (C=O) groups excluding carboxylic acids is 1. The maximum Gasteiger partial charge on any atom is 0.326 e. The Morgan fingerprint density at radius 1 is 1.62 bits per heavy atom. The van der Waals surface area contributed by atoms with Gasteiger partial charge in [-0.05, 0) is 18.1 Å². The molecule has 1 aliphatic heterocycles. The van der Waals surface area contributed by atoms with Gasteiger partial charge in [0.1, 0.15) is 6.04 Å². The number of nitrogens with zero attached hydrogens (tertiary/aromatic N) is 2. The molecule has 1 aromatic heterocycles. The van der Waals surface area contributed by atoms with Gasteiger partial charge in [-0.15, -0.1) is 0 Å². The highest BCUT2D eigenvalue weighted by Crippen LogP contribution is 2.21. The third kappa shape index (κ3) is 2.03. The van der Waals surface area contributed by atoms with Crippen LogP contribution >= 0.6 is 0 Å². The molecule has 84 valence electrons. The Balaban J connectivity index is 2.13. The lowest BCUT2D eigenvalue weighted by Crippen LogP contribution is -2.37. The predicted molar refractivity (Wildman–Crippen MR) is 55.4 cm³/mol. The first kappa shape index (κ1) is 10.6. The Morgan fingerprint density at radius 2 is 2.44 bits per heavy atom. The highest BCUT2D eigenvalue weighted by Gasteiger charge is 2.35. The lowest BCUT2D eigenvalue weighted by atomic mass is 10.2. The molecule has 2 rings (SSSR count). The van der Waals surface area contributed by atoms with Crippen molar-refractivity contribution >= 4 is 11.9 Å². The molecule has 1 atom stereocenters. The summed E-state index contributed by atoms with van der Waals surface area (Å²) < 4.78 is 0. The van der Waals surface area contributed by atoms with E-state index in [1.54, 1.807) is 18.5 Å². The molecular weight excluding hydrogens is 208 g/mol. The summed E-state index contributed by atoms with van der Waals surface area (Å²) >= 11 is 0. The topological polar surface area (TPSA) is 70.5 Å². The number of pyridine rings is 1. The van der Waals surface area contributed by atoms with Gasteiger partial charge in [0, 0.05) is 25.4 Å². The summed E-state index contributed by atoms with van der Waals surface area (Å²) in [6.07, 6.45) is 4.00. The molecule has 1 saturated heterocycles. The van der Waals surface area contributed by atoms with Crippen molar-refractivity contribution in [1.29, 1.82) is 0 Å². The van der Waals surface area contributed by atoms with E-state index in [2.05, 4.69) is 4.98 Å². The normalized spacial score (nSPS) is 20.1. The van der Waals surface area contributed by atoms with Crippen molar-refractivity contribution in [2.75, 3.05) is 0 Å². The zero-order chi connectivity index (χ0) is 11.5. The molecule has 16 heavy (non-hydrogen) atoms. The van der Waals surface area contributed by atoms with Crippen LogP contribution in [-0.4, -0.2) is 32.9 Å². The maximum absolute atomic E-state index is 11.5. The molecule has 2 heterocycles. The molecule has 0 aromatic carbocycles. The number of hydrogen-bond acceptors (Lipinski definition) is 3. The van der Waals surface area contributed by atoms with Gasteiger partial charge in [0.15, 0.2) is 0 Å². The van der Waals surface area contributed by atoms with Crippen LogP contribution in [0.4, 0.5) is 0 Å². The Kier molecular flexibility index (Phi) is 2.85. The summed E-state index contributed by atoms with van der Waals surface area (Å²) in [6, 6.07) is 2.91. The molecule has 1 fully saturated rings. The average molecular weight is 220 g/mol. The van der Waals surface area contributed by atoms with Gasteiger partial charge in [0.05, 0.1) is 0 Å². The van der Waals surface area contributed by atoms with Crippen molar-refractivity contribution in [2.24, 2.45) is 0 Å². The lowest BCUT2D eigenvalue weighted by Gasteiger charge is -2.21. The molecule has 0 bridgehead atoms. The third-order valence-corrected chi connectivity index (χ3v) is 2.69. The summed E-state index contributed by atoms with van der Waals surface area (Å²) in [5, 5.41) is 8.97. The Morgan fingerprint density at radius 3 is 3.06 bits per heavy atom. The molecule has 5 heteroatoms. The second-order valence-electron chi connectivity index (χ2n) is 3.78. The van der Waals surface area contributed by atoms with E-state index in [1.165, 1.54) is 4.90 Å². The first-order valence-corrected chi connectivity index (χ1v) is 5.09. The molecule has 0 unspecified atom stereocenters. The number of likely N-dealkylation sites (tertiary alicyclic amines) is 1.